The summed E-state index contributed by atoms with van der Waals surface area (Å²) in [7, 11) is 0. The molecule has 6 nitrogen and oxygen atoms in total. The summed E-state index contributed by atoms with van der Waals surface area (Å²) in [5.74, 6) is 2.04. The van der Waals surface area contributed by atoms with Gasteiger partial charge in [0.2, 0.25) is 5.91 Å². The number of hydrogen-bond acceptors (Lipinski definition) is 4. The van der Waals surface area contributed by atoms with Gasteiger partial charge in [-0.05, 0) is 42.8 Å². The van der Waals surface area contributed by atoms with Crippen LogP contribution in [-0.4, -0.2) is 33.5 Å². The molecule has 0 atom stereocenters. The molecule has 0 saturated heterocycles. The van der Waals surface area contributed by atoms with Gasteiger partial charge in [0.1, 0.15) is 17.5 Å². The zero-order valence-electron chi connectivity index (χ0n) is 14.9. The second-order valence-corrected chi connectivity index (χ2v) is 6.29. The lowest BCUT2D eigenvalue weighted by molar-refractivity contribution is -0.116. The minimum absolute atomic E-state index is 0.154. The summed E-state index contributed by atoms with van der Waals surface area (Å²) in [5.41, 5.74) is 0.918. The number of anilines is 1. The second kappa shape index (κ2) is 9.00. The predicted molar refractivity (Wildman–Crippen MR) is 108 cm³/mol. The first-order valence-corrected chi connectivity index (χ1v) is 8.92. The van der Waals surface area contributed by atoms with Gasteiger partial charge in [0.15, 0.2) is 0 Å². The minimum Gasteiger partial charge on any atom is -0.368 e. The van der Waals surface area contributed by atoms with Crippen LogP contribution in [0, 0.1) is 6.92 Å². The van der Waals surface area contributed by atoms with E-state index in [0.29, 0.717) is 23.9 Å². The first-order chi connectivity index (χ1) is 13.1. The second-order valence-electron chi connectivity index (χ2n) is 5.85. The van der Waals surface area contributed by atoms with E-state index in [2.05, 4.69) is 20.6 Å². The Morgan fingerprint density at radius 3 is 2.63 bits per heavy atom. The third-order valence-electron chi connectivity index (χ3n) is 3.72. The summed E-state index contributed by atoms with van der Waals surface area (Å²) in [6.07, 6.45) is 7.11. The van der Waals surface area contributed by atoms with Crippen LogP contribution >= 0.6 is 11.6 Å². The lowest BCUT2D eigenvalue weighted by Gasteiger charge is -2.09. The molecule has 0 unspecified atom stereocenters. The summed E-state index contributed by atoms with van der Waals surface area (Å²) >= 11 is 5.84. The number of nitrogens with zero attached hydrogens (tertiary/aromatic N) is 3. The number of aromatic nitrogens is 3. The Labute approximate surface area is 162 Å². The molecule has 0 aliphatic rings. The molecule has 0 saturated carbocycles. The molecule has 0 fully saturated rings. The van der Waals surface area contributed by atoms with Crippen LogP contribution < -0.4 is 10.6 Å². The fourth-order valence-corrected chi connectivity index (χ4v) is 2.57. The van der Waals surface area contributed by atoms with E-state index in [1.807, 2.05) is 54.2 Å². The Morgan fingerprint density at radius 2 is 1.89 bits per heavy atom. The van der Waals surface area contributed by atoms with Crippen molar-refractivity contribution >= 4 is 29.4 Å². The molecule has 0 spiro atoms. The van der Waals surface area contributed by atoms with Gasteiger partial charge in [0, 0.05) is 42.6 Å². The minimum atomic E-state index is -0.154. The molecule has 2 aromatic heterocycles. The molecule has 7 heteroatoms. The van der Waals surface area contributed by atoms with Crippen LogP contribution in [0.15, 0.2) is 60.9 Å². The van der Waals surface area contributed by atoms with Crippen molar-refractivity contribution in [3.8, 4) is 5.82 Å². The van der Waals surface area contributed by atoms with E-state index in [0.717, 1.165) is 17.2 Å². The van der Waals surface area contributed by atoms with Crippen molar-refractivity contribution in [2.45, 2.75) is 6.92 Å². The zero-order chi connectivity index (χ0) is 19.1. The van der Waals surface area contributed by atoms with Crippen LogP contribution in [0.2, 0.25) is 5.02 Å². The summed E-state index contributed by atoms with van der Waals surface area (Å²) < 4.78 is 1.92. The van der Waals surface area contributed by atoms with Gasteiger partial charge in [-0.2, -0.15) is 0 Å². The van der Waals surface area contributed by atoms with E-state index in [9.17, 15) is 4.79 Å². The number of hydrogen-bond donors (Lipinski definition) is 2. The highest BCUT2D eigenvalue weighted by atomic mass is 35.5. The predicted octanol–water partition coefficient (Wildman–Crippen LogP) is 3.47. The van der Waals surface area contributed by atoms with Gasteiger partial charge in [-0.1, -0.05) is 23.7 Å². The van der Waals surface area contributed by atoms with Crippen LogP contribution in [-0.2, 0) is 4.79 Å². The van der Waals surface area contributed by atoms with E-state index in [-0.39, 0.29) is 5.91 Å². The smallest absolute Gasteiger partial charge is 0.244 e. The maximum Gasteiger partial charge on any atom is 0.244 e. The molecule has 3 aromatic rings. The molecule has 0 aliphatic carbocycles. The number of halogens is 1. The zero-order valence-corrected chi connectivity index (χ0v) is 15.6. The number of benzene rings is 1. The Morgan fingerprint density at radius 1 is 1.15 bits per heavy atom. The number of nitrogens with one attached hydrogen (secondary N) is 2. The number of carbonyl (C=O) groups is 1. The van der Waals surface area contributed by atoms with Crippen molar-refractivity contribution < 1.29 is 4.79 Å². The molecular formula is C20H20ClN5O. The fourth-order valence-electron chi connectivity index (χ4n) is 2.44. The standard InChI is InChI=1S/C20H20ClN5O/c1-15-24-18(14-19(25-15)26-12-2-3-13-26)22-10-11-23-20(27)9-6-16-4-7-17(21)8-5-16/h2-9,12-14H,10-11H2,1H3,(H,23,27)(H,22,24,25)/b9-6+. The molecule has 3 rings (SSSR count). The molecule has 2 heterocycles. The Balaban J connectivity index is 1.47. The Kier molecular flexibility index (Phi) is 6.22. The van der Waals surface area contributed by atoms with Crippen molar-refractivity contribution in [3.63, 3.8) is 0 Å². The van der Waals surface area contributed by atoms with Crippen LogP contribution in [0.4, 0.5) is 5.82 Å². The summed E-state index contributed by atoms with van der Waals surface area (Å²) in [6.45, 7) is 2.88. The lowest BCUT2D eigenvalue weighted by Crippen LogP contribution is -2.27. The van der Waals surface area contributed by atoms with Crippen molar-refractivity contribution in [1.82, 2.24) is 19.9 Å². The van der Waals surface area contributed by atoms with E-state index in [1.54, 1.807) is 18.2 Å². The lowest BCUT2D eigenvalue weighted by atomic mass is 10.2. The van der Waals surface area contributed by atoms with E-state index in [4.69, 9.17) is 11.6 Å². The molecule has 0 aliphatic heterocycles. The summed E-state index contributed by atoms with van der Waals surface area (Å²) in [4.78, 5) is 20.7. The molecule has 2 N–H and O–H groups in total. The number of rotatable bonds is 7. The van der Waals surface area contributed by atoms with E-state index < -0.39 is 0 Å². The topological polar surface area (TPSA) is 71.8 Å². The molecule has 0 bridgehead atoms. The SMILES string of the molecule is Cc1nc(NCCNC(=O)/C=C/c2ccc(Cl)cc2)cc(-n2cccc2)n1. The van der Waals surface area contributed by atoms with Crippen molar-refractivity contribution in [3.05, 3.63) is 77.3 Å². The molecular weight excluding hydrogens is 362 g/mol. The van der Waals surface area contributed by atoms with Crippen molar-refractivity contribution in [1.29, 1.82) is 0 Å². The van der Waals surface area contributed by atoms with Crippen molar-refractivity contribution in [2.75, 3.05) is 18.4 Å². The maximum atomic E-state index is 11.9. The molecule has 1 aromatic carbocycles. The van der Waals surface area contributed by atoms with Crippen LogP contribution in [0.5, 0.6) is 0 Å². The monoisotopic (exact) mass is 381 g/mol. The van der Waals surface area contributed by atoms with Gasteiger partial charge in [0.05, 0.1) is 0 Å². The first-order valence-electron chi connectivity index (χ1n) is 8.54. The highest BCUT2D eigenvalue weighted by molar-refractivity contribution is 6.30. The highest BCUT2D eigenvalue weighted by Gasteiger charge is 2.03. The Hall–Kier alpha value is -3.12. The Bertz CT molecular complexity index is 920. The van der Waals surface area contributed by atoms with Gasteiger partial charge in [0.25, 0.3) is 0 Å². The largest absolute Gasteiger partial charge is 0.368 e. The quantitative estimate of drug-likeness (QED) is 0.485. The number of carbonyl (C=O) groups excluding carboxylic acids is 1. The molecule has 27 heavy (non-hydrogen) atoms. The summed E-state index contributed by atoms with van der Waals surface area (Å²) in [5, 5.41) is 6.70. The number of amides is 1. The van der Waals surface area contributed by atoms with Gasteiger partial charge >= 0.3 is 0 Å². The highest BCUT2D eigenvalue weighted by Crippen LogP contribution is 2.11. The molecule has 138 valence electrons. The van der Waals surface area contributed by atoms with Gasteiger partial charge in [-0.15, -0.1) is 0 Å². The average molecular weight is 382 g/mol. The molecule has 1 amide bonds. The van der Waals surface area contributed by atoms with Crippen molar-refractivity contribution in [2.24, 2.45) is 0 Å². The van der Waals surface area contributed by atoms with E-state index >= 15 is 0 Å². The average Bonchev–Trinajstić information content (AvgIpc) is 3.19. The van der Waals surface area contributed by atoms with Gasteiger partial charge in [-0.3, -0.25) is 4.79 Å². The van der Waals surface area contributed by atoms with Crippen LogP contribution in [0.3, 0.4) is 0 Å². The van der Waals surface area contributed by atoms with Crippen LogP contribution in [0.25, 0.3) is 11.9 Å². The van der Waals surface area contributed by atoms with Gasteiger partial charge in [-0.25, -0.2) is 9.97 Å². The number of aryl methyl sites for hydroxylation is 1. The third-order valence-corrected chi connectivity index (χ3v) is 3.97. The molecule has 0 radical (unpaired) electrons. The normalized spacial score (nSPS) is 10.9. The maximum absolute atomic E-state index is 11.9. The van der Waals surface area contributed by atoms with Gasteiger partial charge < -0.3 is 15.2 Å². The van der Waals surface area contributed by atoms with Crippen LogP contribution in [0.1, 0.15) is 11.4 Å². The van der Waals surface area contributed by atoms with E-state index in [1.165, 1.54) is 6.08 Å². The fraction of sp³-hybridized carbons (Fsp3) is 0.150. The third kappa shape index (κ3) is 5.69. The first kappa shape index (κ1) is 18.7. The summed E-state index contributed by atoms with van der Waals surface area (Å²) in [6, 6.07) is 13.0.